The van der Waals surface area contributed by atoms with Gasteiger partial charge in [0.05, 0.1) is 18.8 Å². The standard InChI is InChI=1S/C20H22F2N10O6P2/c21-8-3-39-2-7-9(37-19(10(7)22)32-6-27-11-14(23)25-4-26-15(11)32)1-36-40(35)38-13(8)18(34)31-5-28-12-16(31)29-20(24)30-17(12)33/h4-10,13,18-19,34,39H,1-3H2,(H4-,23,24,25,26,29,30,33)/p+1/t7-,8?,9-,10+,13-,18-,19-/m1/s1. The van der Waals surface area contributed by atoms with E-state index in [2.05, 4.69) is 29.9 Å². The fraction of sp³-hybridized carbons (Fsp3) is 0.500. The molecule has 3 unspecified atom stereocenters. The van der Waals surface area contributed by atoms with Crippen molar-refractivity contribution in [2.45, 2.75) is 37.0 Å². The molecule has 4 aromatic rings. The van der Waals surface area contributed by atoms with Crippen LogP contribution >= 0.6 is 16.8 Å². The quantitative estimate of drug-likeness (QED) is 0.237. The van der Waals surface area contributed by atoms with E-state index >= 15 is 8.78 Å². The van der Waals surface area contributed by atoms with Gasteiger partial charge >= 0.3 is 8.25 Å². The molecule has 20 heteroatoms. The lowest BCUT2D eigenvalue weighted by atomic mass is 10.0. The molecule has 212 valence electrons. The molecule has 2 aliphatic rings. The number of anilines is 2. The number of nitrogens with one attached hydrogen (secondary N) is 1. The van der Waals surface area contributed by atoms with Gasteiger partial charge in [0.25, 0.3) is 5.56 Å². The zero-order chi connectivity index (χ0) is 28.1. The second-order valence-corrected chi connectivity index (χ2v) is 11.4. The van der Waals surface area contributed by atoms with Gasteiger partial charge in [-0.05, 0) is 12.3 Å². The Balaban J connectivity index is 1.22. The van der Waals surface area contributed by atoms with Crippen molar-refractivity contribution in [2.24, 2.45) is 5.92 Å². The maximum absolute atomic E-state index is 15.8. The van der Waals surface area contributed by atoms with Gasteiger partial charge in [-0.2, -0.15) is 4.98 Å². The van der Waals surface area contributed by atoms with Crippen LogP contribution in [0.4, 0.5) is 20.5 Å². The zero-order valence-corrected chi connectivity index (χ0v) is 22.3. The number of aromatic nitrogens is 8. The fourth-order valence-electron chi connectivity index (χ4n) is 4.82. The molecule has 4 aromatic heterocycles. The summed E-state index contributed by atoms with van der Waals surface area (Å²) >= 11 is 0. The average molecular weight is 599 g/mol. The van der Waals surface area contributed by atoms with Crippen molar-refractivity contribution in [3.8, 4) is 0 Å². The molecule has 16 nitrogen and oxygen atoms in total. The molecular weight excluding hydrogens is 576 g/mol. The maximum Gasteiger partial charge on any atom is 0.698 e. The van der Waals surface area contributed by atoms with E-state index in [4.69, 9.17) is 25.3 Å². The van der Waals surface area contributed by atoms with Gasteiger partial charge in [-0.15, -0.1) is 17.6 Å². The summed E-state index contributed by atoms with van der Waals surface area (Å²) in [6.45, 7) is -0.327. The molecule has 0 spiro atoms. The lowest BCUT2D eigenvalue weighted by Crippen LogP contribution is -2.35. The van der Waals surface area contributed by atoms with E-state index in [-0.39, 0.29) is 56.1 Å². The summed E-state index contributed by atoms with van der Waals surface area (Å²) in [4.78, 5) is 34.3. The van der Waals surface area contributed by atoms with E-state index in [1.54, 1.807) is 0 Å². The number of alkyl halides is 2. The number of fused-ring (bicyclic) bond motifs is 3. The second kappa shape index (κ2) is 10.6. The van der Waals surface area contributed by atoms with Crippen LogP contribution in [0.15, 0.2) is 23.8 Å². The third-order valence-electron chi connectivity index (χ3n) is 6.79. The van der Waals surface area contributed by atoms with Gasteiger partial charge in [0.15, 0.2) is 47.4 Å². The molecule has 40 heavy (non-hydrogen) atoms. The largest absolute Gasteiger partial charge is 0.698 e. The summed E-state index contributed by atoms with van der Waals surface area (Å²) < 4.78 is 63.0. The maximum atomic E-state index is 15.8. The van der Waals surface area contributed by atoms with Crippen LogP contribution in [0, 0.1) is 5.92 Å². The summed E-state index contributed by atoms with van der Waals surface area (Å²) in [6.07, 6.45) is -5.14. The van der Waals surface area contributed by atoms with Crippen molar-refractivity contribution in [3.63, 3.8) is 0 Å². The number of nitrogens with two attached hydrogens (primary N) is 2. The van der Waals surface area contributed by atoms with Gasteiger partial charge in [-0.25, -0.2) is 28.7 Å². The molecule has 6 N–H and O–H groups in total. The number of aliphatic hydroxyl groups is 1. The van der Waals surface area contributed by atoms with Gasteiger partial charge in [-0.1, -0.05) is 0 Å². The highest BCUT2D eigenvalue weighted by atomic mass is 31.1. The highest BCUT2D eigenvalue weighted by Gasteiger charge is 2.49. The number of imidazole rings is 2. The summed E-state index contributed by atoms with van der Waals surface area (Å²) in [5, 5.41) is 11.0. The molecule has 0 amide bonds. The number of ether oxygens (including phenoxy) is 1. The molecule has 0 aliphatic carbocycles. The van der Waals surface area contributed by atoms with E-state index in [0.29, 0.717) is 5.52 Å². The van der Waals surface area contributed by atoms with Crippen LogP contribution in [-0.2, 0) is 18.3 Å². The Morgan fingerprint density at radius 1 is 1.15 bits per heavy atom. The summed E-state index contributed by atoms with van der Waals surface area (Å²) in [6, 6.07) is 0. The van der Waals surface area contributed by atoms with E-state index in [9.17, 15) is 14.5 Å². The number of H-pyrrole nitrogens is 1. The third-order valence-corrected chi connectivity index (χ3v) is 9.01. The predicted molar refractivity (Wildman–Crippen MR) is 137 cm³/mol. The Morgan fingerprint density at radius 2 is 1.95 bits per heavy atom. The minimum Gasteiger partial charge on any atom is -0.382 e. The van der Waals surface area contributed by atoms with Crippen LogP contribution in [0.1, 0.15) is 12.5 Å². The Kier molecular flexibility index (Phi) is 7.14. The first-order chi connectivity index (χ1) is 19.2. The van der Waals surface area contributed by atoms with Crippen molar-refractivity contribution in [2.75, 3.05) is 30.4 Å². The highest BCUT2D eigenvalue weighted by molar-refractivity contribution is 7.38. The Labute approximate surface area is 225 Å². The van der Waals surface area contributed by atoms with Crippen molar-refractivity contribution >= 4 is 50.9 Å². The minimum atomic E-state index is -2.99. The third kappa shape index (κ3) is 4.70. The molecule has 2 fully saturated rings. The molecule has 0 bridgehead atoms. The van der Waals surface area contributed by atoms with Gasteiger partial charge in [0, 0.05) is 10.5 Å². The first-order valence-corrected chi connectivity index (χ1v) is 14.5. The lowest BCUT2D eigenvalue weighted by Gasteiger charge is -2.22. The predicted octanol–water partition coefficient (Wildman–Crippen LogP) is 0.556. The summed E-state index contributed by atoms with van der Waals surface area (Å²) in [5.41, 5.74) is 11.1. The summed E-state index contributed by atoms with van der Waals surface area (Å²) in [7, 11) is -3.10. The molecule has 0 aromatic carbocycles. The summed E-state index contributed by atoms with van der Waals surface area (Å²) in [5.74, 6) is -0.840. The van der Waals surface area contributed by atoms with Crippen LogP contribution in [0.3, 0.4) is 0 Å². The van der Waals surface area contributed by atoms with E-state index in [1.165, 1.54) is 17.2 Å². The average Bonchev–Trinajstić information content (AvgIpc) is 3.61. The molecule has 2 aliphatic heterocycles. The number of hydrogen-bond acceptors (Lipinski definition) is 13. The normalized spacial score (nSPS) is 30.4. The van der Waals surface area contributed by atoms with E-state index in [0.717, 1.165) is 10.9 Å². The first-order valence-electron chi connectivity index (χ1n) is 12.0. The SMILES string of the molecule is Nc1nc2c(ncn2[C@H](O)[C@@H]2O[P+](=O)OC[C@H]3O[C@@H](n4cnc5c(N)ncnc54)[C@@H](F)[C@@H]3CPCC2F)c(=O)[nH]1. The van der Waals surface area contributed by atoms with Crippen molar-refractivity contribution in [3.05, 3.63) is 29.3 Å². The molecular formula is C20H23F2N10O6P2+. The zero-order valence-electron chi connectivity index (χ0n) is 20.4. The molecule has 0 radical (unpaired) electrons. The topological polar surface area (TPSA) is 224 Å². The molecule has 0 saturated carbocycles. The lowest BCUT2D eigenvalue weighted by molar-refractivity contribution is -0.0557. The molecule has 2 saturated heterocycles. The van der Waals surface area contributed by atoms with Crippen LogP contribution in [0.5, 0.6) is 0 Å². The van der Waals surface area contributed by atoms with Crippen LogP contribution in [-0.4, -0.2) is 87.6 Å². The monoisotopic (exact) mass is 599 g/mol. The van der Waals surface area contributed by atoms with Crippen molar-refractivity contribution < 1.29 is 32.2 Å². The molecule has 9 atom stereocenters. The minimum absolute atomic E-state index is 0.116. The first kappa shape index (κ1) is 26.9. The number of halogens is 2. The van der Waals surface area contributed by atoms with Crippen LogP contribution in [0.25, 0.3) is 22.3 Å². The number of aliphatic hydroxyl groups excluding tert-OH is 1. The Hall–Kier alpha value is -3.27. The fourth-order valence-corrected chi connectivity index (χ4v) is 7.09. The van der Waals surface area contributed by atoms with E-state index in [1.807, 2.05) is 0 Å². The van der Waals surface area contributed by atoms with Gasteiger partial charge in [0.2, 0.25) is 5.95 Å². The number of rotatable bonds is 3. The Bertz CT molecular complexity index is 1640. The van der Waals surface area contributed by atoms with Gasteiger partial charge < -0.3 is 21.3 Å². The molecule has 6 heterocycles. The smallest absolute Gasteiger partial charge is 0.382 e. The highest BCUT2D eigenvalue weighted by Crippen LogP contribution is 2.44. The number of hydrogen-bond donors (Lipinski definition) is 4. The van der Waals surface area contributed by atoms with Gasteiger partial charge in [-0.3, -0.25) is 18.9 Å². The van der Waals surface area contributed by atoms with Crippen LogP contribution in [0.2, 0.25) is 0 Å². The van der Waals surface area contributed by atoms with Gasteiger partial charge in [0.1, 0.15) is 24.6 Å². The molecule has 6 rings (SSSR count). The van der Waals surface area contributed by atoms with Crippen LogP contribution < -0.4 is 17.0 Å². The number of nitrogens with zero attached hydrogens (tertiary/aromatic N) is 7. The Morgan fingerprint density at radius 3 is 2.77 bits per heavy atom. The van der Waals surface area contributed by atoms with E-state index < -0.39 is 56.7 Å². The van der Waals surface area contributed by atoms with Crippen molar-refractivity contribution in [1.82, 2.24) is 39.0 Å². The number of aromatic amines is 1. The van der Waals surface area contributed by atoms with Crippen molar-refractivity contribution in [1.29, 1.82) is 0 Å². The number of nitrogen functional groups attached to an aromatic ring is 2. The second-order valence-electron chi connectivity index (χ2n) is 9.21.